The number of hydrogen-bond donors (Lipinski definition) is 0. The third-order valence-electron chi connectivity index (χ3n) is 3.48. The van der Waals surface area contributed by atoms with Crippen molar-refractivity contribution >= 4 is 16.9 Å². The Balaban J connectivity index is 2.12. The quantitative estimate of drug-likeness (QED) is 0.740. The standard InChI is InChI=1S/C16H16N4O/c1-12(21)19(2)16(13-8-4-3-5-9-13)20-17-14-10-6-7-11-15(14)18-20/h3-11,16H,1-2H3. The minimum absolute atomic E-state index is 0.0368. The van der Waals surface area contributed by atoms with Crippen molar-refractivity contribution in [3.05, 3.63) is 60.2 Å². The Kier molecular flexibility index (Phi) is 3.39. The molecule has 1 amide bonds. The van der Waals surface area contributed by atoms with Gasteiger partial charge in [-0.05, 0) is 17.7 Å². The Bertz CT molecular complexity index is 733. The Labute approximate surface area is 122 Å². The number of benzene rings is 2. The van der Waals surface area contributed by atoms with Gasteiger partial charge in [0.05, 0.1) is 0 Å². The molecule has 2 aromatic carbocycles. The van der Waals surface area contributed by atoms with Gasteiger partial charge in [-0.15, -0.1) is 0 Å². The van der Waals surface area contributed by atoms with Crippen LogP contribution < -0.4 is 0 Å². The normalized spacial score (nSPS) is 12.3. The molecule has 1 unspecified atom stereocenters. The van der Waals surface area contributed by atoms with Crippen molar-refractivity contribution in [3.63, 3.8) is 0 Å². The highest BCUT2D eigenvalue weighted by Crippen LogP contribution is 2.21. The van der Waals surface area contributed by atoms with E-state index in [9.17, 15) is 4.79 Å². The second kappa shape index (κ2) is 5.36. The fraction of sp³-hybridized carbons (Fsp3) is 0.188. The van der Waals surface area contributed by atoms with E-state index in [1.165, 1.54) is 0 Å². The summed E-state index contributed by atoms with van der Waals surface area (Å²) in [6, 6.07) is 17.4. The Morgan fingerprint density at radius 2 is 1.52 bits per heavy atom. The number of amides is 1. The lowest BCUT2D eigenvalue weighted by Crippen LogP contribution is -2.35. The van der Waals surface area contributed by atoms with E-state index < -0.39 is 0 Å². The number of carbonyl (C=O) groups excluding carboxylic acids is 1. The predicted octanol–water partition coefficient (Wildman–Crippen LogP) is 2.46. The number of nitrogens with zero attached hydrogens (tertiary/aromatic N) is 4. The average molecular weight is 280 g/mol. The van der Waals surface area contributed by atoms with Gasteiger partial charge in [0.25, 0.3) is 0 Å². The Hall–Kier alpha value is -2.69. The van der Waals surface area contributed by atoms with Gasteiger partial charge < -0.3 is 4.90 Å². The van der Waals surface area contributed by atoms with E-state index in [1.54, 1.807) is 23.7 Å². The Morgan fingerprint density at radius 1 is 1.00 bits per heavy atom. The van der Waals surface area contributed by atoms with E-state index in [4.69, 9.17) is 0 Å². The maximum Gasteiger partial charge on any atom is 0.221 e. The second-order valence-corrected chi connectivity index (χ2v) is 4.92. The molecule has 3 rings (SSSR count). The van der Waals surface area contributed by atoms with Crippen LogP contribution in [0.25, 0.3) is 11.0 Å². The molecule has 1 aromatic heterocycles. The van der Waals surface area contributed by atoms with Crippen molar-refractivity contribution in [1.29, 1.82) is 0 Å². The molecule has 5 nitrogen and oxygen atoms in total. The number of rotatable bonds is 3. The zero-order valence-corrected chi connectivity index (χ0v) is 12.0. The highest BCUT2D eigenvalue weighted by molar-refractivity contribution is 5.74. The molecule has 106 valence electrons. The molecule has 0 radical (unpaired) electrons. The molecule has 0 N–H and O–H groups in total. The van der Waals surface area contributed by atoms with Gasteiger partial charge in [0.1, 0.15) is 11.0 Å². The molecular formula is C16H16N4O. The van der Waals surface area contributed by atoms with E-state index >= 15 is 0 Å². The van der Waals surface area contributed by atoms with Crippen molar-refractivity contribution < 1.29 is 4.79 Å². The van der Waals surface area contributed by atoms with Crippen LogP contribution in [0.4, 0.5) is 0 Å². The van der Waals surface area contributed by atoms with Gasteiger partial charge in [-0.2, -0.15) is 15.0 Å². The lowest BCUT2D eigenvalue weighted by molar-refractivity contribution is -0.130. The SMILES string of the molecule is CC(=O)N(C)C(c1ccccc1)n1nc2ccccc2n1. The minimum atomic E-state index is -0.351. The maximum absolute atomic E-state index is 11.8. The first-order chi connectivity index (χ1) is 10.2. The third kappa shape index (κ3) is 2.50. The summed E-state index contributed by atoms with van der Waals surface area (Å²) >= 11 is 0. The molecule has 1 heterocycles. The van der Waals surface area contributed by atoms with Gasteiger partial charge >= 0.3 is 0 Å². The smallest absolute Gasteiger partial charge is 0.221 e. The number of carbonyl (C=O) groups is 1. The van der Waals surface area contributed by atoms with Crippen molar-refractivity contribution in [2.45, 2.75) is 13.1 Å². The molecule has 1 atom stereocenters. The van der Waals surface area contributed by atoms with Gasteiger partial charge in [-0.1, -0.05) is 42.5 Å². The molecule has 0 spiro atoms. The molecule has 0 fully saturated rings. The van der Waals surface area contributed by atoms with Gasteiger partial charge in [0.15, 0.2) is 6.17 Å². The molecule has 0 saturated heterocycles. The minimum Gasteiger partial charge on any atom is -0.318 e. The lowest BCUT2D eigenvalue weighted by Gasteiger charge is -2.26. The van der Waals surface area contributed by atoms with Crippen LogP contribution in [0.3, 0.4) is 0 Å². The van der Waals surface area contributed by atoms with E-state index in [1.807, 2.05) is 54.6 Å². The first-order valence-corrected chi connectivity index (χ1v) is 6.77. The number of aromatic nitrogens is 3. The summed E-state index contributed by atoms with van der Waals surface area (Å²) in [5.41, 5.74) is 2.60. The van der Waals surface area contributed by atoms with Crippen LogP contribution in [0.1, 0.15) is 18.7 Å². The molecule has 21 heavy (non-hydrogen) atoms. The summed E-state index contributed by atoms with van der Waals surface area (Å²) in [7, 11) is 1.76. The molecule has 5 heteroatoms. The molecule has 0 bridgehead atoms. The number of fused-ring (bicyclic) bond motifs is 1. The summed E-state index contributed by atoms with van der Waals surface area (Å²) in [6.45, 7) is 1.54. The largest absolute Gasteiger partial charge is 0.318 e. The van der Waals surface area contributed by atoms with E-state index in [0.717, 1.165) is 16.6 Å². The van der Waals surface area contributed by atoms with Crippen molar-refractivity contribution in [2.24, 2.45) is 0 Å². The first kappa shape index (κ1) is 13.3. The van der Waals surface area contributed by atoms with Crippen LogP contribution in [0.5, 0.6) is 0 Å². The van der Waals surface area contributed by atoms with Crippen molar-refractivity contribution in [3.8, 4) is 0 Å². The van der Waals surface area contributed by atoms with Crippen LogP contribution in [-0.4, -0.2) is 32.8 Å². The zero-order valence-electron chi connectivity index (χ0n) is 12.0. The summed E-state index contributed by atoms with van der Waals surface area (Å²) in [5.74, 6) is -0.0368. The van der Waals surface area contributed by atoms with Crippen LogP contribution >= 0.6 is 0 Å². The molecule has 3 aromatic rings. The topological polar surface area (TPSA) is 51.0 Å². The number of hydrogen-bond acceptors (Lipinski definition) is 3. The molecular weight excluding hydrogens is 264 g/mol. The van der Waals surface area contributed by atoms with E-state index in [0.29, 0.717) is 0 Å². The Morgan fingerprint density at radius 3 is 2.05 bits per heavy atom. The molecule has 0 aliphatic rings. The fourth-order valence-electron chi connectivity index (χ4n) is 2.30. The van der Waals surface area contributed by atoms with Gasteiger partial charge in [-0.25, -0.2) is 0 Å². The van der Waals surface area contributed by atoms with Gasteiger partial charge in [0, 0.05) is 14.0 Å². The van der Waals surface area contributed by atoms with Crippen LogP contribution in [0, 0.1) is 0 Å². The zero-order chi connectivity index (χ0) is 14.8. The lowest BCUT2D eigenvalue weighted by atomic mass is 10.1. The highest BCUT2D eigenvalue weighted by atomic mass is 16.2. The van der Waals surface area contributed by atoms with E-state index in [-0.39, 0.29) is 12.1 Å². The van der Waals surface area contributed by atoms with Gasteiger partial charge in [-0.3, -0.25) is 4.79 Å². The summed E-state index contributed by atoms with van der Waals surface area (Å²) in [5, 5.41) is 9.01. The molecule has 0 saturated carbocycles. The summed E-state index contributed by atoms with van der Waals surface area (Å²) in [4.78, 5) is 15.0. The molecule has 0 aliphatic carbocycles. The maximum atomic E-state index is 11.8. The monoisotopic (exact) mass is 280 g/mol. The van der Waals surface area contributed by atoms with Crippen LogP contribution in [-0.2, 0) is 4.79 Å². The second-order valence-electron chi connectivity index (χ2n) is 4.92. The summed E-state index contributed by atoms with van der Waals surface area (Å²) < 4.78 is 0. The highest BCUT2D eigenvalue weighted by Gasteiger charge is 2.23. The van der Waals surface area contributed by atoms with E-state index in [2.05, 4.69) is 10.2 Å². The first-order valence-electron chi connectivity index (χ1n) is 6.77. The van der Waals surface area contributed by atoms with Crippen LogP contribution in [0.2, 0.25) is 0 Å². The average Bonchev–Trinajstić information content (AvgIpc) is 2.91. The third-order valence-corrected chi connectivity index (χ3v) is 3.48. The van der Waals surface area contributed by atoms with Crippen molar-refractivity contribution in [1.82, 2.24) is 19.9 Å². The van der Waals surface area contributed by atoms with Crippen LogP contribution in [0.15, 0.2) is 54.6 Å². The molecule has 0 aliphatic heterocycles. The fourth-order valence-corrected chi connectivity index (χ4v) is 2.30. The van der Waals surface area contributed by atoms with Crippen molar-refractivity contribution in [2.75, 3.05) is 7.05 Å². The van der Waals surface area contributed by atoms with Gasteiger partial charge in [0.2, 0.25) is 5.91 Å². The predicted molar refractivity (Wildman–Crippen MR) is 80.6 cm³/mol. The summed E-state index contributed by atoms with van der Waals surface area (Å²) in [6.07, 6.45) is -0.351.